The van der Waals surface area contributed by atoms with Crippen LogP contribution in [0.3, 0.4) is 0 Å². The van der Waals surface area contributed by atoms with Gasteiger partial charge in [-0.25, -0.2) is 9.59 Å². The van der Waals surface area contributed by atoms with Crippen molar-refractivity contribution in [1.82, 2.24) is 5.32 Å². The summed E-state index contributed by atoms with van der Waals surface area (Å²) in [6.45, 7) is 4.62. The number of carbonyl (C=O) groups is 3. The molecule has 0 radical (unpaired) electrons. The monoisotopic (exact) mass is 686 g/mol. The van der Waals surface area contributed by atoms with Crippen LogP contribution in [0, 0.1) is 22.7 Å². The SMILES string of the molecule is C[C@]12CC[C@H](OC(=O)CCCCC(=O)N[C@@H](CCCN=C(N)N)C(=O)O)C[C@@]1(O)CC[C@@H]1[C@@H]2CC[C@]2(C)[C@@H](c3ccc(=O)oc3)CC[C@]12O. The number of nitrogens with one attached hydrogen (secondary N) is 1. The van der Waals surface area contributed by atoms with E-state index in [1.165, 1.54) is 6.07 Å². The van der Waals surface area contributed by atoms with Crippen molar-refractivity contribution in [2.75, 3.05) is 6.54 Å². The Bertz CT molecular complexity index is 1460. The van der Waals surface area contributed by atoms with Gasteiger partial charge in [0.15, 0.2) is 5.96 Å². The molecule has 13 heteroatoms. The summed E-state index contributed by atoms with van der Waals surface area (Å²) in [4.78, 5) is 52.1. The minimum absolute atomic E-state index is 0.0454. The summed E-state index contributed by atoms with van der Waals surface area (Å²) in [5.41, 5.74) is 8.45. The molecule has 4 fully saturated rings. The molecule has 0 aromatic carbocycles. The van der Waals surface area contributed by atoms with Crippen molar-refractivity contribution >= 4 is 23.8 Å². The highest BCUT2D eigenvalue weighted by molar-refractivity contribution is 5.83. The zero-order valence-electron chi connectivity index (χ0n) is 28.8. The highest BCUT2D eigenvalue weighted by Crippen LogP contribution is 2.71. The number of rotatable bonds is 13. The summed E-state index contributed by atoms with van der Waals surface area (Å²) in [7, 11) is 0. The Morgan fingerprint density at radius 3 is 2.39 bits per heavy atom. The Labute approximate surface area is 287 Å². The summed E-state index contributed by atoms with van der Waals surface area (Å²) in [5, 5.41) is 36.6. The Hall–Kier alpha value is -3.45. The molecule has 49 heavy (non-hydrogen) atoms. The maximum absolute atomic E-state index is 12.8. The topological polar surface area (TPSA) is 228 Å². The number of guanidine groups is 1. The first-order valence-electron chi connectivity index (χ1n) is 17.9. The summed E-state index contributed by atoms with van der Waals surface area (Å²) < 4.78 is 11.1. The second-order valence-corrected chi connectivity index (χ2v) is 15.5. The van der Waals surface area contributed by atoms with E-state index in [9.17, 15) is 34.5 Å². The number of carbonyl (C=O) groups excluding carboxylic acids is 2. The quantitative estimate of drug-likeness (QED) is 0.0765. The summed E-state index contributed by atoms with van der Waals surface area (Å²) >= 11 is 0. The highest BCUT2D eigenvalue weighted by atomic mass is 16.5. The molecule has 8 N–H and O–H groups in total. The third kappa shape index (κ3) is 7.24. The standard InChI is InChI=1S/C36H54N4O9/c1-33-15-11-23(49-30(43)8-4-3-7-28(41)40-27(31(44)45)6-5-19-39-32(37)38)20-35(33,46)17-13-26-25(33)12-16-34(2)24(14-18-36(26,34)47)22-9-10-29(42)48-21-22/h9-10,21,23-27,46-47H,3-8,11-20H2,1-2H3,(H,40,41)(H,44,45)(H4,37,38,39)/t23-,24+,25-,26+,27-,33+,34+,35-,36-/m0/s1. The maximum Gasteiger partial charge on any atom is 0.335 e. The molecular formula is C36H54N4O9. The summed E-state index contributed by atoms with van der Waals surface area (Å²) in [5.74, 6) is -1.70. The fourth-order valence-corrected chi connectivity index (χ4v) is 10.2. The lowest BCUT2D eigenvalue weighted by Gasteiger charge is -2.66. The van der Waals surface area contributed by atoms with Gasteiger partial charge in [0.2, 0.25) is 5.91 Å². The lowest BCUT2D eigenvalue weighted by atomic mass is 9.42. The summed E-state index contributed by atoms with van der Waals surface area (Å²) in [6.07, 6.45) is 8.88. The molecule has 1 amide bonds. The van der Waals surface area contributed by atoms with Gasteiger partial charge in [-0.1, -0.05) is 13.8 Å². The number of aliphatic hydroxyl groups is 2. The molecule has 272 valence electrons. The zero-order chi connectivity index (χ0) is 35.6. The molecule has 4 aliphatic rings. The van der Waals surface area contributed by atoms with Crippen LogP contribution >= 0.6 is 0 Å². The van der Waals surface area contributed by atoms with Crippen molar-refractivity contribution in [3.05, 3.63) is 34.4 Å². The first-order valence-corrected chi connectivity index (χ1v) is 17.9. The van der Waals surface area contributed by atoms with Gasteiger partial charge >= 0.3 is 17.6 Å². The van der Waals surface area contributed by atoms with Crippen molar-refractivity contribution in [3.8, 4) is 0 Å². The molecule has 5 rings (SSSR count). The first-order chi connectivity index (χ1) is 23.1. The molecule has 4 aliphatic carbocycles. The molecule has 0 saturated heterocycles. The molecular weight excluding hydrogens is 632 g/mol. The van der Waals surface area contributed by atoms with Gasteiger partial charge in [-0.2, -0.15) is 0 Å². The second kappa shape index (κ2) is 14.4. The number of hydrogen-bond donors (Lipinski definition) is 6. The Balaban J connectivity index is 1.10. The molecule has 4 saturated carbocycles. The Morgan fingerprint density at radius 2 is 1.69 bits per heavy atom. The van der Waals surface area contributed by atoms with Gasteiger partial charge in [-0.05, 0) is 112 Å². The number of nitrogens with zero attached hydrogens (tertiary/aromatic N) is 1. The zero-order valence-corrected chi connectivity index (χ0v) is 28.8. The second-order valence-electron chi connectivity index (χ2n) is 15.5. The third-order valence-electron chi connectivity index (χ3n) is 13.0. The Kier molecular flexibility index (Phi) is 10.8. The van der Waals surface area contributed by atoms with Crippen LogP contribution in [-0.4, -0.2) is 69.0 Å². The lowest BCUT2D eigenvalue weighted by molar-refractivity contribution is -0.255. The minimum atomic E-state index is -1.13. The number of carboxylic acid groups (broad SMARTS) is 1. The summed E-state index contributed by atoms with van der Waals surface area (Å²) in [6, 6.07) is 2.24. The number of unbranched alkanes of at least 4 members (excludes halogenated alkanes) is 1. The van der Waals surface area contributed by atoms with Gasteiger partial charge in [0.25, 0.3) is 0 Å². The van der Waals surface area contributed by atoms with E-state index in [0.29, 0.717) is 57.8 Å². The Morgan fingerprint density at radius 1 is 0.980 bits per heavy atom. The lowest BCUT2D eigenvalue weighted by Crippen LogP contribution is -2.67. The van der Waals surface area contributed by atoms with Gasteiger partial charge < -0.3 is 41.3 Å². The predicted octanol–water partition coefficient (Wildman–Crippen LogP) is 3.09. The third-order valence-corrected chi connectivity index (χ3v) is 13.0. The number of amides is 1. The molecule has 0 spiro atoms. The van der Waals surface area contributed by atoms with Gasteiger partial charge in [0.05, 0.1) is 17.5 Å². The van der Waals surface area contributed by atoms with Crippen LogP contribution < -0.4 is 22.4 Å². The normalized spacial score (nSPS) is 35.6. The van der Waals surface area contributed by atoms with Crippen molar-refractivity contribution < 1.29 is 38.9 Å². The van der Waals surface area contributed by atoms with Gasteiger partial charge in [-0.3, -0.25) is 14.6 Å². The van der Waals surface area contributed by atoms with E-state index in [1.807, 2.05) is 6.07 Å². The number of nitrogens with two attached hydrogens (primary N) is 2. The molecule has 1 aromatic rings. The van der Waals surface area contributed by atoms with Crippen LogP contribution in [0.2, 0.25) is 0 Å². The minimum Gasteiger partial charge on any atom is -0.480 e. The number of fused-ring (bicyclic) bond motifs is 5. The smallest absolute Gasteiger partial charge is 0.335 e. The van der Waals surface area contributed by atoms with Crippen molar-refractivity contribution in [1.29, 1.82) is 0 Å². The van der Waals surface area contributed by atoms with E-state index < -0.39 is 40.6 Å². The number of hydrogen-bond acceptors (Lipinski definition) is 9. The van der Waals surface area contributed by atoms with E-state index in [2.05, 4.69) is 24.2 Å². The number of esters is 1. The molecule has 9 atom stereocenters. The molecule has 0 bridgehead atoms. The van der Waals surface area contributed by atoms with E-state index in [0.717, 1.165) is 24.8 Å². The molecule has 13 nitrogen and oxygen atoms in total. The van der Waals surface area contributed by atoms with Crippen LogP contribution in [0.25, 0.3) is 0 Å². The van der Waals surface area contributed by atoms with Crippen LogP contribution in [0.4, 0.5) is 0 Å². The fourth-order valence-electron chi connectivity index (χ4n) is 10.2. The van der Waals surface area contributed by atoms with Crippen LogP contribution in [-0.2, 0) is 19.1 Å². The van der Waals surface area contributed by atoms with E-state index >= 15 is 0 Å². The van der Waals surface area contributed by atoms with Crippen LogP contribution in [0.5, 0.6) is 0 Å². The molecule has 1 heterocycles. The van der Waals surface area contributed by atoms with Crippen LogP contribution in [0.15, 0.2) is 32.6 Å². The number of aliphatic carboxylic acids is 1. The first kappa shape index (κ1) is 36.8. The van der Waals surface area contributed by atoms with Crippen LogP contribution in [0.1, 0.15) is 122 Å². The average molecular weight is 687 g/mol. The van der Waals surface area contributed by atoms with Crippen molar-refractivity contribution in [2.45, 2.75) is 139 Å². The van der Waals surface area contributed by atoms with Gasteiger partial charge in [-0.15, -0.1) is 0 Å². The van der Waals surface area contributed by atoms with Crippen molar-refractivity contribution in [3.63, 3.8) is 0 Å². The maximum atomic E-state index is 12.8. The number of aliphatic imine (C=N–C) groups is 1. The molecule has 0 unspecified atom stereocenters. The number of ether oxygens (including phenoxy) is 1. The van der Waals surface area contributed by atoms with Gasteiger partial charge in [0, 0.05) is 37.3 Å². The van der Waals surface area contributed by atoms with E-state index in [-0.39, 0.29) is 66.5 Å². The van der Waals surface area contributed by atoms with Gasteiger partial charge in [0.1, 0.15) is 12.1 Å². The largest absolute Gasteiger partial charge is 0.480 e. The predicted molar refractivity (Wildman–Crippen MR) is 180 cm³/mol. The fraction of sp³-hybridized carbons (Fsp3) is 0.750. The van der Waals surface area contributed by atoms with E-state index in [1.54, 1.807) is 6.26 Å². The van der Waals surface area contributed by atoms with Crippen molar-refractivity contribution in [2.24, 2.45) is 39.1 Å². The molecule has 1 aromatic heterocycles. The average Bonchev–Trinajstić information content (AvgIpc) is 3.32. The van der Waals surface area contributed by atoms with E-state index in [4.69, 9.17) is 20.6 Å². The molecule has 0 aliphatic heterocycles. The number of carboxylic acids is 1. The highest BCUT2D eigenvalue weighted by Gasteiger charge is 2.70.